The SMILES string of the molecule is C[N+](C)(C)C.C[S+](C)C.[3H-].[3H]C. The molecule has 0 heterocycles. The topological polar surface area (TPSA) is 0 Å². The van der Waals surface area contributed by atoms with Gasteiger partial charge in [-0.2, -0.15) is 0 Å². The van der Waals surface area contributed by atoms with Crippen molar-refractivity contribution in [2.24, 2.45) is 0 Å². The highest BCUT2D eigenvalue weighted by Crippen LogP contribution is 1.73. The molecule has 0 aliphatic rings. The third-order valence-electron chi connectivity index (χ3n) is 0. The molecule has 10 heavy (non-hydrogen) atoms. The van der Waals surface area contributed by atoms with Crippen molar-refractivity contribution in [1.82, 2.24) is 0 Å². The van der Waals surface area contributed by atoms with Gasteiger partial charge in [-0.05, 0) is 10.9 Å². The third kappa shape index (κ3) is 4620. The van der Waals surface area contributed by atoms with Gasteiger partial charge in [0.05, 0.1) is 47.0 Å². The van der Waals surface area contributed by atoms with Crippen LogP contribution in [-0.2, 0) is 10.9 Å². The summed E-state index contributed by atoms with van der Waals surface area (Å²) in [5, 5.41) is 0. The average Bonchev–Trinajstić information content (AvgIpc) is 1.63. The van der Waals surface area contributed by atoms with Crippen molar-refractivity contribution in [2.45, 2.75) is 7.40 Å². The van der Waals surface area contributed by atoms with Crippen molar-refractivity contribution in [3.63, 3.8) is 0 Å². The summed E-state index contributed by atoms with van der Waals surface area (Å²) in [6.45, 7) is 0. The van der Waals surface area contributed by atoms with E-state index < -0.39 is 0 Å². The van der Waals surface area contributed by atoms with Gasteiger partial charge in [0.1, 0.15) is 0 Å². The van der Waals surface area contributed by atoms with Crippen molar-refractivity contribution in [3.8, 4) is 0 Å². The van der Waals surface area contributed by atoms with Crippen LogP contribution in [-0.4, -0.2) is 51.4 Å². The minimum Gasteiger partial charge on any atom is -1.00 e. The summed E-state index contributed by atoms with van der Waals surface area (Å²) in [5.74, 6) is 0. The molecule has 0 radical (unpaired) electrons. The largest absolute Gasteiger partial charge is 1.00 e. The first-order valence-electron chi connectivity index (χ1n) is 4.01. The molecule has 0 aliphatic carbocycles. The Kier molecular flexibility index (Phi) is 9.60. The van der Waals surface area contributed by atoms with Gasteiger partial charge < -0.3 is 5.91 Å². The molecule has 0 rings (SSSR count). The summed E-state index contributed by atoms with van der Waals surface area (Å²) in [6, 6.07) is 0. The average molecular weight is 172 g/mol. The lowest BCUT2D eigenvalue weighted by Gasteiger charge is -2.14. The van der Waals surface area contributed by atoms with E-state index in [0.29, 0.717) is 10.9 Å². The fourth-order valence-corrected chi connectivity index (χ4v) is 0. The van der Waals surface area contributed by atoms with Crippen LogP contribution in [0.1, 0.15) is 10.2 Å². The Morgan fingerprint density at radius 3 is 1.10 bits per heavy atom. The van der Waals surface area contributed by atoms with Crippen LogP contribution in [0.2, 0.25) is 0 Å². The lowest BCUT2D eigenvalue weighted by atomic mass is 10.8. The van der Waals surface area contributed by atoms with Crippen molar-refractivity contribution in [3.05, 3.63) is 0 Å². The lowest BCUT2D eigenvalue weighted by molar-refractivity contribution is -0.849. The number of hydrogen-bond acceptors (Lipinski definition) is 0. The molecule has 0 N–H and O–H groups in total. The maximum Gasteiger partial charge on any atom is 0.0969 e. The van der Waals surface area contributed by atoms with Crippen LogP contribution in [0.25, 0.3) is 0 Å². The Morgan fingerprint density at radius 2 is 1.10 bits per heavy atom. The second-order valence-electron chi connectivity index (χ2n) is 3.91. The first-order chi connectivity index (χ1) is 4.73. The minimum atomic E-state index is 0. The van der Waals surface area contributed by atoms with E-state index >= 15 is 0 Å². The van der Waals surface area contributed by atoms with Crippen LogP contribution in [0.15, 0.2) is 0 Å². The summed E-state index contributed by atoms with van der Waals surface area (Å²) in [6.07, 6.45) is 6.58. The fraction of sp³-hybridized carbons (Fsp3) is 1.00. The molecule has 1 nitrogen and oxygen atoms in total. The zero-order valence-corrected chi connectivity index (χ0v) is 9.67. The second kappa shape index (κ2) is 7.42. The van der Waals surface area contributed by atoms with Gasteiger partial charge in [0.15, 0.2) is 0 Å². The first kappa shape index (κ1) is 12.9. The van der Waals surface area contributed by atoms with Gasteiger partial charge in [0.25, 0.3) is 0 Å². The molecule has 0 fully saturated rings. The predicted octanol–water partition coefficient (Wildman–Crippen LogP) is 1.57. The summed E-state index contributed by atoms with van der Waals surface area (Å²) >= 11 is 0. The number of nitrogens with zero attached hydrogens (tertiary/aromatic N) is 1. The molecule has 0 bridgehead atoms. The standard InChI is InChI=1S/C4H12N.C3H9S.CH4.H/c1-5(2,3)4;1-4(2)3;;/h1-4H3;1-3H3;1H4;/q2*+1;;-1/i;;1T;1+2. The zero-order chi connectivity index (χ0) is 10.1. The first-order valence-corrected chi connectivity index (χ1v) is 5.46. The van der Waals surface area contributed by atoms with Crippen LogP contribution in [0, 0.1) is 0 Å². The smallest absolute Gasteiger partial charge is 0.0969 e. The van der Waals surface area contributed by atoms with Gasteiger partial charge in [-0.1, -0.05) is 7.40 Å². The van der Waals surface area contributed by atoms with Crippen LogP contribution >= 0.6 is 0 Å². The molecule has 0 aliphatic heterocycles. The van der Waals surface area contributed by atoms with Crippen molar-refractivity contribution < 1.29 is 7.28 Å². The van der Waals surface area contributed by atoms with Gasteiger partial charge in [-0.3, -0.25) is 0 Å². The van der Waals surface area contributed by atoms with Gasteiger partial charge in [0.2, 0.25) is 0 Å². The number of quaternary nitrogens is 1. The van der Waals surface area contributed by atoms with E-state index in [1.807, 2.05) is 0 Å². The highest BCUT2D eigenvalue weighted by atomic mass is 32.2. The molecule has 2 heteroatoms. The highest BCUT2D eigenvalue weighted by Gasteiger charge is 1.88. The molecule has 0 saturated carbocycles. The second-order valence-corrected chi connectivity index (χ2v) is 6.36. The number of rotatable bonds is 0. The predicted molar refractivity (Wildman–Crippen MR) is 56.9 cm³/mol. The van der Waals surface area contributed by atoms with Gasteiger partial charge in [0, 0.05) is 1.37 Å². The zero-order valence-electron chi connectivity index (χ0n) is 10.9. The minimum absolute atomic E-state index is 0. The van der Waals surface area contributed by atoms with E-state index in [1.54, 1.807) is 0 Å². The number of hydrogen-bond donors (Lipinski definition) is 0. The summed E-state index contributed by atoms with van der Waals surface area (Å²) in [5.41, 5.74) is 0. The molecule has 0 aromatic carbocycles. The third-order valence-corrected chi connectivity index (χ3v) is 0. The molecule has 0 atom stereocenters. The van der Waals surface area contributed by atoms with E-state index in [0.717, 1.165) is 4.48 Å². The molecule has 0 amide bonds. The van der Waals surface area contributed by atoms with Crippen molar-refractivity contribution in [1.29, 1.82) is 0 Å². The Bertz CT molecular complexity index is 53.8. The molecule has 0 aromatic heterocycles. The van der Waals surface area contributed by atoms with Crippen LogP contribution in [0.3, 0.4) is 0 Å². The van der Waals surface area contributed by atoms with Gasteiger partial charge in [-0.25, -0.2) is 0 Å². The summed E-state index contributed by atoms with van der Waals surface area (Å²) < 4.78 is 6.75. The Hall–Kier alpha value is 0.310. The molecule has 0 unspecified atom stereocenters. The molecule has 68 valence electrons. The van der Waals surface area contributed by atoms with Crippen LogP contribution in [0.5, 0.6) is 0 Å². The quantitative estimate of drug-likeness (QED) is 0.384. The van der Waals surface area contributed by atoms with E-state index in [2.05, 4.69) is 47.0 Å². The molecular formula is C8H26NS+. The van der Waals surface area contributed by atoms with Crippen molar-refractivity contribution >= 4 is 10.9 Å². The van der Waals surface area contributed by atoms with E-state index in [1.165, 1.54) is 7.40 Å². The van der Waals surface area contributed by atoms with E-state index in [4.69, 9.17) is 1.37 Å². The Balaban J connectivity index is -0.0000000419. The lowest BCUT2D eigenvalue weighted by Crippen LogP contribution is -2.27. The van der Waals surface area contributed by atoms with Gasteiger partial charge in [-0.15, -0.1) is 0 Å². The normalized spacial score (nSPS) is 10.3. The summed E-state index contributed by atoms with van der Waals surface area (Å²) in [4.78, 5) is 0. The summed E-state index contributed by atoms with van der Waals surface area (Å²) in [7, 11) is 10.4. The van der Waals surface area contributed by atoms with Crippen LogP contribution in [0.4, 0.5) is 0 Å². The molecule has 0 aromatic rings. The highest BCUT2D eigenvalue weighted by molar-refractivity contribution is 7.94. The Labute approximate surface area is 73.3 Å². The van der Waals surface area contributed by atoms with Crippen LogP contribution < -0.4 is 0 Å². The van der Waals surface area contributed by atoms with Crippen molar-refractivity contribution in [2.75, 3.05) is 47.0 Å². The monoisotopic (exact) mass is 172 g/mol. The molecule has 0 spiro atoms. The maximum atomic E-state index is 5.75. The fourth-order valence-electron chi connectivity index (χ4n) is 0. The Morgan fingerprint density at radius 1 is 1.10 bits per heavy atom. The van der Waals surface area contributed by atoms with E-state index in [-0.39, 0.29) is 1.43 Å². The molecular weight excluding hydrogens is 142 g/mol. The van der Waals surface area contributed by atoms with Gasteiger partial charge >= 0.3 is 0 Å². The van der Waals surface area contributed by atoms with E-state index in [9.17, 15) is 0 Å². The maximum absolute atomic E-state index is 5.75. The molecule has 0 saturated heterocycles.